The number of carbonyl (C=O) groups is 6. The second-order valence-electron chi connectivity index (χ2n) is 29.8. The number of rotatable bonds is 77. The summed E-state index contributed by atoms with van der Waals surface area (Å²) in [4.78, 5) is 81.9. The first kappa shape index (κ1) is 94.8. The SMILES string of the molecule is CCCCCCCCCCCCCCCCCC(=O)OC(CC)(OC(=O)CCCCCCCCCCCCCCCCC)C(C)OC(=O)CCC(=O)OC(C)C(CC)(OC(=O)CCCCCCCCCCCCCCCCC)OC(=O)CCCCCCCCCCCCCCCCC. The van der Waals surface area contributed by atoms with Crippen LogP contribution in [0.5, 0.6) is 0 Å². The van der Waals surface area contributed by atoms with E-state index in [1.165, 1.54) is 283 Å². The Morgan fingerprint density at radius 3 is 0.459 bits per heavy atom. The number of unbranched alkanes of at least 4 members (excludes halogenated alkanes) is 56. The quantitative estimate of drug-likeness (QED) is 0.0246. The highest BCUT2D eigenvalue weighted by Gasteiger charge is 2.47. The van der Waals surface area contributed by atoms with E-state index in [1.54, 1.807) is 27.7 Å². The summed E-state index contributed by atoms with van der Waals surface area (Å²) >= 11 is 0. The number of hydrogen-bond donors (Lipinski definition) is 0. The van der Waals surface area contributed by atoms with E-state index in [1.807, 2.05) is 0 Å². The molecule has 0 aliphatic heterocycles. The summed E-state index contributed by atoms with van der Waals surface area (Å²) in [6.07, 6.45) is 69.9. The van der Waals surface area contributed by atoms with E-state index in [2.05, 4.69) is 27.7 Å². The lowest BCUT2D eigenvalue weighted by Gasteiger charge is -2.36. The molecule has 0 spiro atoms. The van der Waals surface area contributed by atoms with Crippen LogP contribution in [0.1, 0.15) is 492 Å². The summed E-state index contributed by atoms with van der Waals surface area (Å²) in [7, 11) is 0. The molecule has 0 N–H and O–H groups in total. The van der Waals surface area contributed by atoms with E-state index in [0.717, 1.165) is 77.0 Å². The molecule has 0 aliphatic rings. The van der Waals surface area contributed by atoms with Crippen molar-refractivity contribution >= 4 is 35.8 Å². The Hall–Kier alpha value is -3.18. The summed E-state index contributed by atoms with van der Waals surface area (Å²) < 4.78 is 36.1. The zero-order valence-corrected chi connectivity index (χ0v) is 66.1. The molecule has 0 aliphatic carbocycles. The van der Waals surface area contributed by atoms with Crippen LogP contribution in [0.4, 0.5) is 0 Å². The van der Waals surface area contributed by atoms with Gasteiger partial charge in [-0.25, -0.2) is 0 Å². The van der Waals surface area contributed by atoms with Crippen LogP contribution in [-0.2, 0) is 57.2 Å². The highest BCUT2D eigenvalue weighted by atomic mass is 16.8. The molecule has 0 saturated carbocycles. The average Bonchev–Trinajstić information content (AvgIpc) is 0.923. The van der Waals surface area contributed by atoms with Gasteiger partial charge in [-0.1, -0.05) is 401 Å². The topological polar surface area (TPSA) is 158 Å². The zero-order valence-electron chi connectivity index (χ0n) is 66.1. The third-order valence-electron chi connectivity index (χ3n) is 20.5. The van der Waals surface area contributed by atoms with Crippen molar-refractivity contribution in [3.05, 3.63) is 0 Å². The highest BCUT2D eigenvalue weighted by molar-refractivity contribution is 5.78. The largest absolute Gasteiger partial charge is 0.454 e. The van der Waals surface area contributed by atoms with E-state index >= 15 is 0 Å². The first-order chi connectivity index (χ1) is 47.8. The summed E-state index contributed by atoms with van der Waals surface area (Å²) in [5, 5.41) is 0. The zero-order chi connectivity index (χ0) is 71.9. The van der Waals surface area contributed by atoms with E-state index in [0.29, 0.717) is 25.7 Å². The Bertz CT molecular complexity index is 1590. The normalized spacial score (nSPS) is 12.4. The van der Waals surface area contributed by atoms with Crippen LogP contribution in [0, 0.1) is 0 Å². The molecule has 12 heteroatoms. The maximum atomic E-state index is 13.7. The molecule has 98 heavy (non-hydrogen) atoms. The molecule has 12 nitrogen and oxygen atoms in total. The predicted octanol–water partition coefficient (Wildman–Crippen LogP) is 27.1. The fraction of sp³-hybridized carbons (Fsp3) is 0.930. The molecule has 0 amide bonds. The lowest BCUT2D eigenvalue weighted by atomic mass is 10.0. The molecule has 0 bridgehead atoms. The maximum absolute atomic E-state index is 13.7. The first-order valence-corrected chi connectivity index (χ1v) is 43.0. The van der Waals surface area contributed by atoms with Crippen molar-refractivity contribution in [1.82, 2.24) is 0 Å². The number of carbonyl (C=O) groups excluding carboxylic acids is 6. The molecule has 0 aromatic rings. The second-order valence-corrected chi connectivity index (χ2v) is 29.8. The van der Waals surface area contributed by atoms with Crippen LogP contribution >= 0.6 is 0 Å². The third kappa shape index (κ3) is 58.3. The van der Waals surface area contributed by atoms with Gasteiger partial charge in [0.1, 0.15) is 0 Å². The van der Waals surface area contributed by atoms with Gasteiger partial charge in [-0.15, -0.1) is 0 Å². The molecule has 0 rings (SSSR count). The van der Waals surface area contributed by atoms with Gasteiger partial charge in [-0.05, 0) is 39.5 Å². The van der Waals surface area contributed by atoms with Crippen molar-refractivity contribution in [1.29, 1.82) is 0 Å². The minimum absolute atomic E-state index is 0.0472. The average molecular weight is 1390 g/mol. The molecule has 0 fully saturated rings. The molecular formula is C86H162O12. The van der Waals surface area contributed by atoms with Gasteiger partial charge < -0.3 is 28.4 Å². The smallest absolute Gasteiger partial charge is 0.309 e. The van der Waals surface area contributed by atoms with Crippen LogP contribution in [0.3, 0.4) is 0 Å². The lowest BCUT2D eigenvalue weighted by molar-refractivity contribution is -0.266. The molecule has 2 unspecified atom stereocenters. The number of hydrogen-bond acceptors (Lipinski definition) is 12. The van der Waals surface area contributed by atoms with Crippen LogP contribution in [-0.4, -0.2) is 59.6 Å². The highest BCUT2D eigenvalue weighted by Crippen LogP contribution is 2.31. The van der Waals surface area contributed by atoms with Gasteiger partial charge in [0.15, 0.2) is 12.2 Å². The minimum atomic E-state index is -1.86. The molecule has 0 aromatic heterocycles. The predicted molar refractivity (Wildman–Crippen MR) is 409 cm³/mol. The lowest BCUT2D eigenvalue weighted by Crippen LogP contribution is -2.50. The molecular weight excluding hydrogens is 1220 g/mol. The van der Waals surface area contributed by atoms with E-state index in [9.17, 15) is 28.8 Å². The molecule has 0 saturated heterocycles. The fourth-order valence-electron chi connectivity index (χ4n) is 13.7. The summed E-state index contributed by atoms with van der Waals surface area (Å²) in [6, 6.07) is 0. The molecule has 0 aromatic carbocycles. The van der Waals surface area contributed by atoms with Gasteiger partial charge in [-0.3, -0.25) is 28.8 Å². The summed E-state index contributed by atoms with van der Waals surface area (Å²) in [6.45, 7) is 15.6. The Morgan fingerprint density at radius 2 is 0.327 bits per heavy atom. The monoisotopic (exact) mass is 1390 g/mol. The van der Waals surface area contributed by atoms with Gasteiger partial charge in [-0.2, -0.15) is 0 Å². The van der Waals surface area contributed by atoms with Crippen LogP contribution in [0.15, 0.2) is 0 Å². The summed E-state index contributed by atoms with van der Waals surface area (Å²) in [5.41, 5.74) is 0. The van der Waals surface area contributed by atoms with Crippen molar-refractivity contribution in [2.75, 3.05) is 0 Å². The minimum Gasteiger partial charge on any atom is -0.454 e. The second kappa shape index (κ2) is 70.8. The van der Waals surface area contributed by atoms with Crippen molar-refractivity contribution in [3.8, 4) is 0 Å². The fourth-order valence-corrected chi connectivity index (χ4v) is 13.7. The van der Waals surface area contributed by atoms with Crippen LogP contribution < -0.4 is 0 Å². The third-order valence-corrected chi connectivity index (χ3v) is 20.5. The van der Waals surface area contributed by atoms with Crippen molar-refractivity contribution < 1.29 is 57.2 Å². The van der Waals surface area contributed by atoms with Gasteiger partial charge >= 0.3 is 35.8 Å². The Morgan fingerprint density at radius 1 is 0.194 bits per heavy atom. The maximum Gasteiger partial charge on any atom is 0.309 e. The number of ether oxygens (including phenoxy) is 6. The van der Waals surface area contributed by atoms with Crippen molar-refractivity contribution in [2.24, 2.45) is 0 Å². The van der Waals surface area contributed by atoms with Gasteiger partial charge in [0.05, 0.1) is 12.8 Å². The molecule has 2 atom stereocenters. The summed E-state index contributed by atoms with van der Waals surface area (Å²) in [5.74, 6) is -7.36. The first-order valence-electron chi connectivity index (χ1n) is 43.0. The Balaban J connectivity index is 5.72. The Kier molecular flexibility index (Phi) is 68.5. The van der Waals surface area contributed by atoms with Crippen LogP contribution in [0.2, 0.25) is 0 Å². The van der Waals surface area contributed by atoms with Gasteiger partial charge in [0.2, 0.25) is 0 Å². The van der Waals surface area contributed by atoms with Crippen molar-refractivity contribution in [3.63, 3.8) is 0 Å². The van der Waals surface area contributed by atoms with Gasteiger partial charge in [0.25, 0.3) is 11.6 Å². The van der Waals surface area contributed by atoms with Crippen LogP contribution in [0.25, 0.3) is 0 Å². The van der Waals surface area contributed by atoms with Crippen molar-refractivity contribution in [2.45, 2.75) is 516 Å². The van der Waals surface area contributed by atoms with E-state index < -0.39 is 72.4 Å². The van der Waals surface area contributed by atoms with E-state index in [-0.39, 0.29) is 38.5 Å². The Labute approximate surface area is 605 Å². The molecule has 0 heterocycles. The van der Waals surface area contributed by atoms with Gasteiger partial charge in [0, 0.05) is 38.5 Å². The van der Waals surface area contributed by atoms with E-state index in [4.69, 9.17) is 28.4 Å². The molecule has 578 valence electrons. The molecule has 0 radical (unpaired) electrons. The number of esters is 6. The standard InChI is InChI=1S/C86H162O12/c1-9-15-19-23-27-31-35-39-43-47-51-55-59-63-67-71-81(89)95-85(13-5,96-82(90)72-68-64-60-56-52-48-44-40-36-32-28-24-20-16-10-2)77(7)93-79(87)75-76-80(88)94-78(8)86(14-6,97-83(91)73-69-65-61-57-53-49-45-41-37-33-29-25-21-17-11-3)98-84(92)74-70-66-62-58-54-50-46-42-38-34-30-26-22-18-12-4/h77-78H,9-76H2,1-8H3.